The fourth-order valence-electron chi connectivity index (χ4n) is 2.16. The van der Waals surface area contributed by atoms with Crippen molar-refractivity contribution in [1.82, 2.24) is 9.88 Å². The van der Waals surface area contributed by atoms with Crippen LogP contribution in [0.2, 0.25) is 10.0 Å². The highest BCUT2D eigenvalue weighted by molar-refractivity contribution is 6.36. The van der Waals surface area contributed by atoms with Gasteiger partial charge in [0.2, 0.25) is 5.91 Å². The van der Waals surface area contributed by atoms with Crippen LogP contribution in [0, 0.1) is 0 Å². The fourth-order valence-corrected chi connectivity index (χ4v) is 2.67. The van der Waals surface area contributed by atoms with Crippen LogP contribution in [0.5, 0.6) is 0 Å². The van der Waals surface area contributed by atoms with E-state index in [1.807, 2.05) is 7.05 Å². The Labute approximate surface area is 146 Å². The molecule has 124 valence electrons. The third-order valence-electron chi connectivity index (χ3n) is 3.58. The smallest absolute Gasteiger partial charge is 0.222 e. The second kappa shape index (κ2) is 8.37. The summed E-state index contributed by atoms with van der Waals surface area (Å²) in [7, 11) is 1.83. The van der Waals surface area contributed by atoms with Crippen molar-refractivity contribution in [1.29, 1.82) is 0 Å². The van der Waals surface area contributed by atoms with Gasteiger partial charge in [-0.3, -0.25) is 4.79 Å². The number of nitrogens with zero attached hydrogens (tertiary/aromatic N) is 2. The van der Waals surface area contributed by atoms with Crippen LogP contribution in [0.25, 0.3) is 11.3 Å². The summed E-state index contributed by atoms with van der Waals surface area (Å²) in [6.07, 6.45) is 4.56. The first kappa shape index (κ1) is 17.8. The standard InChI is InChI=1S/C17H20Cl2N2O2/c1-3-4-9-21(2)17(22)8-7-16-20-11-15(23-16)13-6-5-12(18)10-14(13)19/h5-6,10-11H,3-4,7-9H2,1-2H3. The predicted molar refractivity (Wildman–Crippen MR) is 92.8 cm³/mol. The minimum absolute atomic E-state index is 0.0997. The number of aromatic nitrogens is 1. The van der Waals surface area contributed by atoms with Crippen molar-refractivity contribution in [2.75, 3.05) is 13.6 Å². The molecule has 1 aromatic carbocycles. The molecule has 23 heavy (non-hydrogen) atoms. The summed E-state index contributed by atoms with van der Waals surface area (Å²) in [6.45, 7) is 2.89. The lowest BCUT2D eigenvalue weighted by Crippen LogP contribution is -2.27. The van der Waals surface area contributed by atoms with E-state index in [4.69, 9.17) is 27.6 Å². The van der Waals surface area contributed by atoms with Gasteiger partial charge in [0.1, 0.15) is 0 Å². The number of unbranched alkanes of at least 4 members (excludes halogenated alkanes) is 1. The van der Waals surface area contributed by atoms with E-state index >= 15 is 0 Å². The number of aryl methyl sites for hydroxylation is 1. The molecule has 0 spiro atoms. The molecule has 6 heteroatoms. The zero-order valence-electron chi connectivity index (χ0n) is 13.3. The van der Waals surface area contributed by atoms with E-state index in [0.717, 1.165) is 24.9 Å². The zero-order valence-corrected chi connectivity index (χ0v) is 14.8. The summed E-state index contributed by atoms with van der Waals surface area (Å²) in [5.41, 5.74) is 0.737. The van der Waals surface area contributed by atoms with Crippen molar-refractivity contribution in [3.05, 3.63) is 40.3 Å². The first-order valence-corrected chi connectivity index (χ1v) is 8.41. The SMILES string of the molecule is CCCCN(C)C(=O)CCc1ncc(-c2ccc(Cl)cc2Cl)o1. The van der Waals surface area contributed by atoms with E-state index in [0.29, 0.717) is 34.5 Å². The Morgan fingerprint density at radius 2 is 2.13 bits per heavy atom. The summed E-state index contributed by atoms with van der Waals surface area (Å²) in [5, 5.41) is 1.08. The van der Waals surface area contributed by atoms with Gasteiger partial charge in [-0.15, -0.1) is 0 Å². The fraction of sp³-hybridized carbons (Fsp3) is 0.412. The average molecular weight is 355 g/mol. The van der Waals surface area contributed by atoms with Gasteiger partial charge in [-0.1, -0.05) is 36.5 Å². The highest BCUT2D eigenvalue weighted by Gasteiger charge is 2.13. The van der Waals surface area contributed by atoms with E-state index in [2.05, 4.69) is 11.9 Å². The number of carbonyl (C=O) groups is 1. The lowest BCUT2D eigenvalue weighted by Gasteiger charge is -2.15. The minimum atomic E-state index is 0.0997. The molecule has 0 saturated heterocycles. The van der Waals surface area contributed by atoms with E-state index in [1.54, 1.807) is 29.3 Å². The van der Waals surface area contributed by atoms with Gasteiger partial charge in [0, 0.05) is 37.0 Å². The van der Waals surface area contributed by atoms with Crippen LogP contribution in [-0.4, -0.2) is 29.4 Å². The Kier molecular flexibility index (Phi) is 6.48. The van der Waals surface area contributed by atoms with E-state index in [1.165, 1.54) is 0 Å². The van der Waals surface area contributed by atoms with Crippen molar-refractivity contribution >= 4 is 29.1 Å². The van der Waals surface area contributed by atoms with E-state index in [-0.39, 0.29) is 5.91 Å². The van der Waals surface area contributed by atoms with Crippen LogP contribution in [0.3, 0.4) is 0 Å². The van der Waals surface area contributed by atoms with Gasteiger partial charge in [0.25, 0.3) is 0 Å². The molecule has 0 N–H and O–H groups in total. The highest BCUT2D eigenvalue weighted by atomic mass is 35.5. The maximum atomic E-state index is 12.0. The van der Waals surface area contributed by atoms with Crippen molar-refractivity contribution in [3.63, 3.8) is 0 Å². The quantitative estimate of drug-likeness (QED) is 0.714. The largest absolute Gasteiger partial charge is 0.441 e. The van der Waals surface area contributed by atoms with Crippen LogP contribution < -0.4 is 0 Å². The second-order valence-corrected chi connectivity index (χ2v) is 6.25. The first-order valence-electron chi connectivity index (χ1n) is 7.65. The van der Waals surface area contributed by atoms with Crippen LogP contribution in [0.15, 0.2) is 28.8 Å². The molecule has 0 aliphatic heterocycles. The van der Waals surface area contributed by atoms with Gasteiger partial charge >= 0.3 is 0 Å². The average Bonchev–Trinajstić information content (AvgIpc) is 2.98. The third kappa shape index (κ3) is 4.98. The predicted octanol–water partition coefficient (Wildman–Crippen LogP) is 4.84. The molecule has 0 radical (unpaired) electrons. The lowest BCUT2D eigenvalue weighted by molar-refractivity contribution is -0.130. The molecule has 0 aliphatic rings. The molecule has 1 heterocycles. The number of rotatable bonds is 7. The van der Waals surface area contributed by atoms with Crippen LogP contribution in [0.4, 0.5) is 0 Å². The minimum Gasteiger partial charge on any atom is -0.441 e. The molecule has 4 nitrogen and oxygen atoms in total. The van der Waals surface area contributed by atoms with Gasteiger partial charge in [0.05, 0.1) is 11.2 Å². The Morgan fingerprint density at radius 1 is 1.35 bits per heavy atom. The molecule has 0 unspecified atom stereocenters. The summed E-state index contributed by atoms with van der Waals surface area (Å²) in [6, 6.07) is 5.20. The van der Waals surface area contributed by atoms with Crippen molar-refractivity contribution in [2.45, 2.75) is 32.6 Å². The van der Waals surface area contributed by atoms with Gasteiger partial charge in [-0.2, -0.15) is 0 Å². The Bertz CT molecular complexity index is 670. The number of benzene rings is 1. The van der Waals surface area contributed by atoms with Gasteiger partial charge in [-0.05, 0) is 24.6 Å². The van der Waals surface area contributed by atoms with Crippen LogP contribution in [0.1, 0.15) is 32.1 Å². The molecule has 0 fully saturated rings. The Morgan fingerprint density at radius 3 is 2.83 bits per heavy atom. The van der Waals surface area contributed by atoms with Gasteiger partial charge < -0.3 is 9.32 Å². The van der Waals surface area contributed by atoms with Crippen molar-refractivity contribution < 1.29 is 9.21 Å². The molecule has 0 bridgehead atoms. The highest BCUT2D eigenvalue weighted by Crippen LogP contribution is 2.30. The molecule has 0 atom stereocenters. The summed E-state index contributed by atoms with van der Waals surface area (Å²) < 4.78 is 5.69. The van der Waals surface area contributed by atoms with Crippen molar-refractivity contribution in [2.24, 2.45) is 0 Å². The normalized spacial score (nSPS) is 10.8. The number of hydrogen-bond acceptors (Lipinski definition) is 3. The Hall–Kier alpha value is -1.52. The second-order valence-electron chi connectivity index (χ2n) is 5.41. The monoisotopic (exact) mass is 354 g/mol. The maximum absolute atomic E-state index is 12.0. The molecular formula is C17H20Cl2N2O2. The number of oxazole rings is 1. The van der Waals surface area contributed by atoms with Gasteiger partial charge in [-0.25, -0.2) is 4.98 Å². The van der Waals surface area contributed by atoms with E-state index < -0.39 is 0 Å². The molecular weight excluding hydrogens is 335 g/mol. The number of carbonyl (C=O) groups excluding carboxylic acids is 1. The molecule has 2 rings (SSSR count). The maximum Gasteiger partial charge on any atom is 0.222 e. The molecule has 0 aliphatic carbocycles. The third-order valence-corrected chi connectivity index (χ3v) is 4.12. The Balaban J connectivity index is 1.96. The van der Waals surface area contributed by atoms with Crippen LogP contribution in [-0.2, 0) is 11.2 Å². The number of halogens is 2. The summed E-state index contributed by atoms with van der Waals surface area (Å²) in [4.78, 5) is 18.0. The van der Waals surface area contributed by atoms with Gasteiger partial charge in [0.15, 0.2) is 11.7 Å². The first-order chi connectivity index (χ1) is 11.0. The van der Waals surface area contributed by atoms with Crippen LogP contribution >= 0.6 is 23.2 Å². The molecule has 1 aromatic heterocycles. The number of amides is 1. The zero-order chi connectivity index (χ0) is 16.8. The lowest BCUT2D eigenvalue weighted by atomic mass is 10.2. The van der Waals surface area contributed by atoms with Crippen molar-refractivity contribution in [3.8, 4) is 11.3 Å². The number of hydrogen-bond donors (Lipinski definition) is 0. The molecule has 2 aromatic rings. The topological polar surface area (TPSA) is 46.3 Å². The molecule has 1 amide bonds. The summed E-state index contributed by atoms with van der Waals surface area (Å²) in [5.74, 6) is 1.21. The van der Waals surface area contributed by atoms with E-state index in [9.17, 15) is 4.79 Å². The summed E-state index contributed by atoms with van der Waals surface area (Å²) >= 11 is 12.0. The molecule has 0 saturated carbocycles.